The van der Waals surface area contributed by atoms with Gasteiger partial charge in [-0.15, -0.1) is 0 Å². The van der Waals surface area contributed by atoms with E-state index in [4.69, 9.17) is 14.1 Å². The van der Waals surface area contributed by atoms with Crippen molar-refractivity contribution in [2.45, 2.75) is 63.5 Å². The van der Waals surface area contributed by atoms with Crippen molar-refractivity contribution in [3.8, 4) is 11.3 Å². The number of pyridine rings is 1. The molecular weight excluding hydrogens is 489 g/mol. The van der Waals surface area contributed by atoms with Gasteiger partial charge < -0.3 is 19.0 Å². The molecule has 3 aromatic rings. The Kier molecular flexibility index (Phi) is 5.59. The number of furan rings is 1. The molecule has 9 heteroatoms. The van der Waals surface area contributed by atoms with Crippen molar-refractivity contribution < 1.29 is 27.9 Å². The summed E-state index contributed by atoms with van der Waals surface area (Å²) in [5.74, 6) is -0.931. The van der Waals surface area contributed by atoms with Crippen LogP contribution in [0.1, 0.15) is 62.6 Å². The number of aromatic nitrogens is 1. The predicted octanol–water partition coefficient (Wildman–Crippen LogP) is 4.45. The molecule has 0 unspecified atom stereocenters. The van der Waals surface area contributed by atoms with Crippen LogP contribution in [0.25, 0.3) is 22.4 Å². The van der Waals surface area contributed by atoms with Crippen LogP contribution in [0.2, 0.25) is 0 Å². The van der Waals surface area contributed by atoms with E-state index < -0.39 is 11.6 Å². The number of nitrogens with zero attached hydrogens (tertiary/aromatic N) is 3. The Bertz CT molecular complexity index is 1460. The van der Waals surface area contributed by atoms with Gasteiger partial charge in [-0.1, -0.05) is 6.92 Å². The number of ether oxygens (including phenoxy) is 1. The maximum atomic E-state index is 13.7. The lowest BCUT2D eigenvalue weighted by Crippen LogP contribution is -2.63. The minimum absolute atomic E-state index is 0.0525. The van der Waals surface area contributed by atoms with Gasteiger partial charge in [-0.05, 0) is 62.4 Å². The number of cyclic esters (lactones) is 1. The second-order valence-corrected chi connectivity index (χ2v) is 11.5. The average molecular weight is 520 g/mol. The first-order valence-electron chi connectivity index (χ1n) is 13.1. The number of rotatable bonds is 4. The number of halogens is 1. The van der Waals surface area contributed by atoms with Crippen molar-refractivity contribution in [1.29, 1.82) is 0 Å². The van der Waals surface area contributed by atoms with Gasteiger partial charge in [-0.2, -0.15) is 0 Å². The monoisotopic (exact) mass is 519 g/mol. The normalized spacial score (nSPS) is 22.0. The van der Waals surface area contributed by atoms with Crippen molar-refractivity contribution in [1.82, 2.24) is 14.8 Å². The predicted molar refractivity (Wildman–Crippen MR) is 137 cm³/mol. The summed E-state index contributed by atoms with van der Waals surface area (Å²) in [6, 6.07) is 9.89. The molecule has 6 rings (SSSR count). The van der Waals surface area contributed by atoms with Gasteiger partial charge in [0.2, 0.25) is 0 Å². The van der Waals surface area contributed by atoms with Crippen molar-refractivity contribution in [3.05, 3.63) is 53.5 Å². The molecule has 0 spiro atoms. The molecule has 1 aliphatic carbocycles. The van der Waals surface area contributed by atoms with Gasteiger partial charge in [0.05, 0.1) is 11.2 Å². The third-order valence-electron chi connectivity index (χ3n) is 8.10. The summed E-state index contributed by atoms with van der Waals surface area (Å²) in [6.07, 6.45) is 1.93. The summed E-state index contributed by atoms with van der Waals surface area (Å²) in [5, 5.41) is 0. The van der Waals surface area contributed by atoms with Gasteiger partial charge in [0.25, 0.3) is 11.8 Å². The summed E-state index contributed by atoms with van der Waals surface area (Å²) in [7, 11) is 0. The number of benzene rings is 1. The molecule has 2 aromatic heterocycles. The zero-order chi connectivity index (χ0) is 26.8. The molecule has 0 N–H and O–H groups in total. The summed E-state index contributed by atoms with van der Waals surface area (Å²) in [5.41, 5.74) is 2.99. The molecule has 3 fully saturated rings. The molecule has 3 aliphatic rings. The van der Waals surface area contributed by atoms with E-state index in [-0.39, 0.29) is 41.2 Å². The molecule has 38 heavy (non-hydrogen) atoms. The minimum atomic E-state index is -0.737. The average Bonchev–Trinajstić information content (AvgIpc) is 3.27. The van der Waals surface area contributed by atoms with E-state index in [2.05, 4.69) is 6.92 Å². The highest BCUT2D eigenvalue weighted by Gasteiger charge is 2.44. The molecule has 2 amide bonds. The topological polar surface area (TPSA) is 93.0 Å². The highest BCUT2D eigenvalue weighted by atomic mass is 19.1. The van der Waals surface area contributed by atoms with Gasteiger partial charge in [-0.3, -0.25) is 14.4 Å². The maximum Gasteiger partial charge on any atom is 0.306 e. The quantitative estimate of drug-likeness (QED) is 0.473. The standard InChI is InChI=1S/C29H30FN3O5/c1-28(2)16-32(26(35)22-8-9-24(34)37-22)12-13-33(28)27(36)23-15-21-25(38-23)19(29(3)10-11-29)14-20(31-21)17-4-6-18(30)7-5-17/h4-7,14-15,22H,8-13,16H2,1-3H3/t22-/m1/s1. The third kappa shape index (κ3) is 4.23. The van der Waals surface area contributed by atoms with Crippen LogP contribution in [0.15, 0.2) is 40.8 Å². The second kappa shape index (κ2) is 8.64. The van der Waals surface area contributed by atoms with Crippen LogP contribution in [-0.4, -0.2) is 63.8 Å². The van der Waals surface area contributed by atoms with Crippen LogP contribution < -0.4 is 0 Å². The Hall–Kier alpha value is -3.75. The lowest BCUT2D eigenvalue weighted by atomic mass is 9.96. The SMILES string of the molecule is CC1(c2cc(-c3ccc(F)cc3)nc3cc(C(=O)N4CCN(C(=O)[C@H]5CCC(=O)O5)CC4(C)C)oc23)CC1. The molecule has 2 aliphatic heterocycles. The fraction of sp³-hybridized carbons (Fsp3) is 0.448. The van der Waals surface area contributed by atoms with Crippen LogP contribution >= 0.6 is 0 Å². The van der Waals surface area contributed by atoms with Crippen molar-refractivity contribution in [2.24, 2.45) is 0 Å². The van der Waals surface area contributed by atoms with E-state index in [9.17, 15) is 18.8 Å². The molecule has 8 nitrogen and oxygen atoms in total. The molecule has 198 valence electrons. The zero-order valence-electron chi connectivity index (χ0n) is 21.8. The minimum Gasteiger partial charge on any atom is -0.452 e. The van der Waals surface area contributed by atoms with Crippen molar-refractivity contribution in [2.75, 3.05) is 19.6 Å². The second-order valence-electron chi connectivity index (χ2n) is 11.5. The fourth-order valence-electron chi connectivity index (χ4n) is 5.56. The summed E-state index contributed by atoms with van der Waals surface area (Å²) < 4.78 is 24.9. The molecule has 0 bridgehead atoms. The smallest absolute Gasteiger partial charge is 0.306 e. The van der Waals surface area contributed by atoms with Gasteiger partial charge >= 0.3 is 5.97 Å². The number of amides is 2. The number of piperazine rings is 1. The van der Waals surface area contributed by atoms with E-state index in [1.807, 2.05) is 19.9 Å². The van der Waals surface area contributed by atoms with E-state index in [0.29, 0.717) is 42.8 Å². The first kappa shape index (κ1) is 24.6. The molecule has 1 saturated carbocycles. The van der Waals surface area contributed by atoms with Crippen LogP contribution in [-0.2, 0) is 19.7 Å². The van der Waals surface area contributed by atoms with Gasteiger partial charge in [0.1, 0.15) is 11.3 Å². The van der Waals surface area contributed by atoms with Crippen LogP contribution in [0.4, 0.5) is 4.39 Å². The summed E-state index contributed by atoms with van der Waals surface area (Å²) >= 11 is 0. The third-order valence-corrected chi connectivity index (χ3v) is 8.10. The molecule has 0 radical (unpaired) electrons. The molecule has 1 aromatic carbocycles. The largest absolute Gasteiger partial charge is 0.452 e. The van der Waals surface area contributed by atoms with Gasteiger partial charge in [0.15, 0.2) is 17.4 Å². The number of hydrogen-bond acceptors (Lipinski definition) is 6. The summed E-state index contributed by atoms with van der Waals surface area (Å²) in [6.45, 7) is 6.99. The Morgan fingerprint density at radius 1 is 1.08 bits per heavy atom. The summed E-state index contributed by atoms with van der Waals surface area (Å²) in [4.78, 5) is 46.3. The van der Waals surface area contributed by atoms with Crippen LogP contribution in [0.5, 0.6) is 0 Å². The first-order chi connectivity index (χ1) is 18.0. The Balaban J connectivity index is 1.29. The van der Waals surface area contributed by atoms with E-state index in [1.54, 1.807) is 28.0 Å². The Labute approximate surface area is 219 Å². The number of hydrogen-bond donors (Lipinski definition) is 0. The van der Waals surface area contributed by atoms with Crippen LogP contribution in [0, 0.1) is 5.82 Å². The lowest BCUT2D eigenvalue weighted by Gasteiger charge is -2.47. The lowest BCUT2D eigenvalue weighted by molar-refractivity contribution is -0.155. The highest BCUT2D eigenvalue weighted by molar-refractivity contribution is 5.97. The van der Waals surface area contributed by atoms with Crippen molar-refractivity contribution in [3.63, 3.8) is 0 Å². The molecular formula is C29H30FN3O5. The number of esters is 1. The van der Waals surface area contributed by atoms with E-state index in [0.717, 1.165) is 24.0 Å². The number of carbonyl (C=O) groups excluding carboxylic acids is 3. The molecule has 1 atom stereocenters. The zero-order valence-corrected chi connectivity index (χ0v) is 21.8. The van der Waals surface area contributed by atoms with Crippen LogP contribution in [0.3, 0.4) is 0 Å². The van der Waals surface area contributed by atoms with Crippen molar-refractivity contribution >= 4 is 28.9 Å². The molecule has 2 saturated heterocycles. The fourth-order valence-corrected chi connectivity index (χ4v) is 5.56. The highest BCUT2D eigenvalue weighted by Crippen LogP contribution is 2.50. The van der Waals surface area contributed by atoms with Gasteiger partial charge in [0, 0.05) is 49.7 Å². The van der Waals surface area contributed by atoms with E-state index in [1.165, 1.54) is 12.1 Å². The molecule has 4 heterocycles. The maximum absolute atomic E-state index is 13.7. The number of fused-ring (bicyclic) bond motifs is 1. The first-order valence-corrected chi connectivity index (χ1v) is 13.1. The van der Waals surface area contributed by atoms with Gasteiger partial charge in [-0.25, -0.2) is 9.37 Å². The Morgan fingerprint density at radius 3 is 2.45 bits per heavy atom. The number of carbonyl (C=O) groups is 3. The van der Waals surface area contributed by atoms with E-state index >= 15 is 0 Å². The Morgan fingerprint density at radius 2 is 1.82 bits per heavy atom.